The lowest BCUT2D eigenvalue weighted by molar-refractivity contribution is -0.0838. The van der Waals surface area contributed by atoms with Gasteiger partial charge in [-0.05, 0) is 52.4 Å². The Balaban J connectivity index is 2.32. The Morgan fingerprint density at radius 1 is 1.45 bits per heavy atom. The van der Waals surface area contributed by atoms with Gasteiger partial charge in [-0.2, -0.15) is 0 Å². The number of aliphatic hydroxyl groups excluding tert-OH is 1. The highest BCUT2D eigenvalue weighted by molar-refractivity contribution is 5.20. The molecule has 0 aliphatic heterocycles. The maximum atomic E-state index is 9.70. The van der Waals surface area contributed by atoms with Crippen molar-refractivity contribution in [2.45, 2.75) is 65.1 Å². The van der Waals surface area contributed by atoms with Crippen molar-refractivity contribution in [2.75, 3.05) is 6.61 Å². The fourth-order valence-electron chi connectivity index (χ4n) is 3.04. The quantitative estimate of drug-likeness (QED) is 0.918. The van der Waals surface area contributed by atoms with Crippen molar-refractivity contribution in [3.8, 4) is 0 Å². The molecule has 1 aromatic heterocycles. The van der Waals surface area contributed by atoms with E-state index in [-0.39, 0.29) is 5.60 Å². The summed E-state index contributed by atoms with van der Waals surface area (Å²) >= 11 is 0. The van der Waals surface area contributed by atoms with Gasteiger partial charge in [0.1, 0.15) is 5.60 Å². The van der Waals surface area contributed by atoms with Crippen molar-refractivity contribution >= 4 is 0 Å². The van der Waals surface area contributed by atoms with Gasteiger partial charge in [0.25, 0.3) is 0 Å². The first-order valence-corrected chi connectivity index (χ1v) is 7.64. The van der Waals surface area contributed by atoms with Gasteiger partial charge in [-0.1, -0.05) is 6.92 Å². The van der Waals surface area contributed by atoms with Crippen LogP contribution in [0, 0.1) is 12.8 Å². The number of aryl methyl sites for hydroxylation is 1. The predicted octanol–water partition coefficient (Wildman–Crippen LogP) is 3.28. The Morgan fingerprint density at radius 2 is 2.10 bits per heavy atom. The van der Waals surface area contributed by atoms with Crippen molar-refractivity contribution in [3.05, 3.63) is 23.3 Å². The molecule has 1 saturated carbocycles. The molecule has 1 aliphatic rings. The molecule has 1 aliphatic carbocycles. The number of nitrogens with zero attached hydrogens (tertiary/aromatic N) is 2. The van der Waals surface area contributed by atoms with Crippen molar-refractivity contribution in [1.82, 2.24) is 9.97 Å². The number of aromatic nitrogens is 2. The van der Waals surface area contributed by atoms with Crippen LogP contribution in [0.2, 0.25) is 0 Å². The highest BCUT2D eigenvalue weighted by atomic mass is 16.5. The summed E-state index contributed by atoms with van der Waals surface area (Å²) in [6, 6.07) is 0. The summed E-state index contributed by atoms with van der Waals surface area (Å²) in [5, 5.41) is 9.70. The van der Waals surface area contributed by atoms with Gasteiger partial charge in [-0.15, -0.1) is 0 Å². The van der Waals surface area contributed by atoms with Crippen LogP contribution in [0.3, 0.4) is 0 Å². The van der Waals surface area contributed by atoms with Crippen LogP contribution in [0.5, 0.6) is 0 Å². The number of rotatable bonds is 4. The highest BCUT2D eigenvalue weighted by Gasteiger charge is 2.39. The van der Waals surface area contributed by atoms with E-state index in [4.69, 9.17) is 4.74 Å². The second-order valence-corrected chi connectivity index (χ2v) is 6.02. The summed E-state index contributed by atoms with van der Waals surface area (Å²) in [6.45, 7) is 8.66. The van der Waals surface area contributed by atoms with E-state index in [0.717, 1.165) is 48.7 Å². The van der Waals surface area contributed by atoms with E-state index in [9.17, 15) is 5.11 Å². The first-order valence-electron chi connectivity index (χ1n) is 7.64. The summed E-state index contributed by atoms with van der Waals surface area (Å²) < 4.78 is 6.07. The average molecular weight is 278 g/mol. The van der Waals surface area contributed by atoms with Crippen molar-refractivity contribution in [3.63, 3.8) is 0 Å². The van der Waals surface area contributed by atoms with Gasteiger partial charge in [-0.25, -0.2) is 9.97 Å². The second-order valence-electron chi connectivity index (χ2n) is 6.02. The molecule has 4 heteroatoms. The van der Waals surface area contributed by atoms with Crippen LogP contribution in [0.25, 0.3) is 0 Å². The van der Waals surface area contributed by atoms with Crippen LogP contribution in [-0.2, 0) is 10.3 Å². The Bertz CT molecular complexity index is 452. The Kier molecular flexibility index (Phi) is 4.76. The molecule has 4 nitrogen and oxygen atoms in total. The van der Waals surface area contributed by atoms with E-state index in [1.165, 1.54) is 0 Å². The molecule has 0 spiro atoms. The summed E-state index contributed by atoms with van der Waals surface area (Å²) in [7, 11) is 0. The number of ether oxygens (including phenoxy) is 1. The summed E-state index contributed by atoms with van der Waals surface area (Å²) in [4.78, 5) is 9.14. The average Bonchev–Trinajstić information content (AvgIpc) is 2.41. The monoisotopic (exact) mass is 278 g/mol. The van der Waals surface area contributed by atoms with Crippen LogP contribution in [0.15, 0.2) is 6.20 Å². The third-order valence-electron chi connectivity index (χ3n) is 4.38. The first kappa shape index (κ1) is 15.4. The van der Waals surface area contributed by atoms with E-state index in [1.807, 2.05) is 13.8 Å². The number of hydrogen-bond acceptors (Lipinski definition) is 4. The zero-order chi connectivity index (χ0) is 14.8. The molecule has 20 heavy (non-hydrogen) atoms. The standard InChI is InChI=1S/C16H26N2O2/c1-5-20-16(8-6-11(2)7-9-16)15-17-10-14(13(4)19)12(3)18-15/h10-11,13,19H,5-9H2,1-4H3/t11?,13-,16?/m0/s1. The summed E-state index contributed by atoms with van der Waals surface area (Å²) in [5.74, 6) is 1.54. The molecule has 0 saturated heterocycles. The molecule has 1 aromatic rings. The molecule has 0 bridgehead atoms. The van der Waals surface area contributed by atoms with Gasteiger partial charge in [0.05, 0.1) is 6.10 Å². The minimum atomic E-state index is -0.529. The Morgan fingerprint density at radius 3 is 2.60 bits per heavy atom. The fraction of sp³-hybridized carbons (Fsp3) is 0.750. The van der Waals surface area contributed by atoms with Crippen molar-refractivity contribution in [2.24, 2.45) is 5.92 Å². The topological polar surface area (TPSA) is 55.2 Å². The predicted molar refractivity (Wildman–Crippen MR) is 78.3 cm³/mol. The molecule has 1 heterocycles. The molecule has 0 aromatic carbocycles. The van der Waals surface area contributed by atoms with Crippen LogP contribution in [0.1, 0.15) is 69.6 Å². The third kappa shape index (κ3) is 3.01. The zero-order valence-corrected chi connectivity index (χ0v) is 13.0. The molecule has 112 valence electrons. The third-order valence-corrected chi connectivity index (χ3v) is 4.38. The molecule has 0 radical (unpaired) electrons. The molecule has 1 N–H and O–H groups in total. The maximum absolute atomic E-state index is 9.70. The van der Waals surface area contributed by atoms with Crippen molar-refractivity contribution in [1.29, 1.82) is 0 Å². The molecule has 1 atom stereocenters. The first-order chi connectivity index (χ1) is 9.48. The summed E-state index contributed by atoms with van der Waals surface area (Å²) in [5.41, 5.74) is 1.32. The molecular weight excluding hydrogens is 252 g/mol. The van der Waals surface area contributed by atoms with Crippen LogP contribution >= 0.6 is 0 Å². The largest absolute Gasteiger partial charge is 0.389 e. The normalized spacial score (nSPS) is 28.4. The van der Waals surface area contributed by atoms with E-state index >= 15 is 0 Å². The minimum Gasteiger partial charge on any atom is -0.389 e. The lowest BCUT2D eigenvalue weighted by Gasteiger charge is -2.38. The molecule has 0 unspecified atom stereocenters. The fourth-order valence-corrected chi connectivity index (χ4v) is 3.04. The Hall–Kier alpha value is -1.00. The zero-order valence-electron chi connectivity index (χ0n) is 13.0. The second kappa shape index (κ2) is 6.19. The summed E-state index contributed by atoms with van der Waals surface area (Å²) in [6.07, 6.45) is 5.49. The number of hydrogen-bond donors (Lipinski definition) is 1. The SMILES string of the molecule is CCOC1(c2ncc([C@H](C)O)c(C)n2)CCC(C)CC1. The van der Waals surface area contributed by atoms with Crippen LogP contribution in [0.4, 0.5) is 0 Å². The van der Waals surface area contributed by atoms with E-state index in [1.54, 1.807) is 13.1 Å². The lowest BCUT2D eigenvalue weighted by Crippen LogP contribution is -2.36. The van der Waals surface area contributed by atoms with Crippen molar-refractivity contribution < 1.29 is 9.84 Å². The van der Waals surface area contributed by atoms with E-state index < -0.39 is 6.10 Å². The van der Waals surface area contributed by atoms with Gasteiger partial charge in [0.2, 0.25) is 0 Å². The van der Waals surface area contributed by atoms with E-state index in [2.05, 4.69) is 16.9 Å². The lowest BCUT2D eigenvalue weighted by atomic mass is 9.78. The van der Waals surface area contributed by atoms with Crippen LogP contribution in [-0.4, -0.2) is 21.7 Å². The highest BCUT2D eigenvalue weighted by Crippen LogP contribution is 2.41. The molecule has 0 amide bonds. The van der Waals surface area contributed by atoms with Gasteiger partial charge < -0.3 is 9.84 Å². The van der Waals surface area contributed by atoms with Gasteiger partial charge in [0, 0.05) is 24.1 Å². The number of aliphatic hydroxyl groups is 1. The van der Waals surface area contributed by atoms with Gasteiger partial charge in [-0.3, -0.25) is 0 Å². The Labute approximate surface area is 121 Å². The minimum absolute atomic E-state index is 0.330. The molecular formula is C16H26N2O2. The van der Waals surface area contributed by atoms with Gasteiger partial charge in [0.15, 0.2) is 5.82 Å². The molecule has 2 rings (SSSR count). The van der Waals surface area contributed by atoms with Crippen LogP contribution < -0.4 is 0 Å². The maximum Gasteiger partial charge on any atom is 0.160 e. The smallest absolute Gasteiger partial charge is 0.160 e. The van der Waals surface area contributed by atoms with Gasteiger partial charge >= 0.3 is 0 Å². The molecule has 1 fully saturated rings. The van der Waals surface area contributed by atoms with E-state index in [0.29, 0.717) is 6.61 Å².